The Bertz CT molecular complexity index is 757. The Morgan fingerprint density at radius 3 is 1.78 bits per heavy atom. The minimum atomic E-state index is -0.420. The summed E-state index contributed by atoms with van der Waals surface area (Å²) in [6.07, 6.45) is 19.6. The van der Waals surface area contributed by atoms with Crippen LogP contribution in [0.3, 0.4) is 0 Å². The van der Waals surface area contributed by atoms with Gasteiger partial charge in [0.1, 0.15) is 0 Å². The number of para-hydroxylation sites is 1. The van der Waals surface area contributed by atoms with Crippen LogP contribution in [0.5, 0.6) is 5.75 Å². The Balaban J connectivity index is 2.23. The Hall–Kier alpha value is -1.39. The summed E-state index contributed by atoms with van der Waals surface area (Å²) in [5.74, 6) is -0.289. The van der Waals surface area contributed by atoms with Gasteiger partial charge < -0.3 is 10.1 Å². The van der Waals surface area contributed by atoms with Crippen molar-refractivity contribution in [3.05, 3.63) is 28.8 Å². The number of rotatable bonds is 20. The summed E-state index contributed by atoms with van der Waals surface area (Å²) in [5.41, 5.74) is 0.134. The van der Waals surface area contributed by atoms with E-state index in [-0.39, 0.29) is 28.1 Å². The van der Waals surface area contributed by atoms with Crippen LogP contribution < -0.4 is 10.1 Å². The summed E-state index contributed by atoms with van der Waals surface area (Å²) in [4.78, 5) is 25.4. The first-order valence-corrected chi connectivity index (χ1v) is 14.8. The smallest absolute Gasteiger partial charge is 0.311 e. The monoisotopic (exact) mass is 521 g/mol. The number of carbonyl (C=O) groups is 2. The molecule has 0 amide bonds. The molecule has 1 rings (SSSR count). The molecule has 0 aliphatic carbocycles. The molecule has 5 heteroatoms. The van der Waals surface area contributed by atoms with Gasteiger partial charge in [0.2, 0.25) is 0 Å². The van der Waals surface area contributed by atoms with Crippen molar-refractivity contribution in [3.8, 4) is 5.75 Å². The third-order valence-electron chi connectivity index (χ3n) is 6.48. The second-order valence-electron chi connectivity index (χ2n) is 11.3. The van der Waals surface area contributed by atoms with Gasteiger partial charge in [-0.25, -0.2) is 0 Å². The molecule has 0 aliphatic rings. The molecule has 0 saturated carbocycles. The molecule has 1 unspecified atom stereocenters. The standard InChI is InChI=1S/C31H52ClNO3/c1-6-7-8-9-10-11-12-13-14-15-16-17-18-19-20-24-28(34)36-30-26(22-21-23-27(30)32)29(35)25(2)33-31(3,4)5/h21-23,25,33H,6-20,24H2,1-5H3. The Labute approximate surface area is 226 Å². The maximum atomic E-state index is 13.0. The number of benzene rings is 1. The van der Waals surface area contributed by atoms with Crippen molar-refractivity contribution in [1.82, 2.24) is 5.32 Å². The van der Waals surface area contributed by atoms with Crippen LogP contribution in [0.2, 0.25) is 5.02 Å². The molecule has 0 heterocycles. The lowest BCUT2D eigenvalue weighted by atomic mass is 10.0. The number of halogens is 1. The summed E-state index contributed by atoms with van der Waals surface area (Å²) in [7, 11) is 0. The third kappa shape index (κ3) is 15.0. The van der Waals surface area contributed by atoms with Crippen LogP contribution >= 0.6 is 11.6 Å². The maximum Gasteiger partial charge on any atom is 0.311 e. The van der Waals surface area contributed by atoms with Crippen LogP contribution in [0.15, 0.2) is 18.2 Å². The van der Waals surface area contributed by atoms with E-state index in [1.165, 1.54) is 77.0 Å². The van der Waals surface area contributed by atoms with Crippen molar-refractivity contribution in [2.45, 2.75) is 149 Å². The highest BCUT2D eigenvalue weighted by Gasteiger charge is 2.25. The number of ether oxygens (including phenoxy) is 1. The van der Waals surface area contributed by atoms with E-state index in [1.807, 2.05) is 27.7 Å². The van der Waals surface area contributed by atoms with E-state index in [0.717, 1.165) is 19.3 Å². The number of carbonyl (C=O) groups excluding carboxylic acids is 2. The quantitative estimate of drug-likeness (QED) is 0.0802. The van der Waals surface area contributed by atoms with Crippen LogP contribution in [0, 0.1) is 0 Å². The number of hydrogen-bond donors (Lipinski definition) is 1. The fourth-order valence-electron chi connectivity index (χ4n) is 4.56. The number of Topliss-reactive ketones (excluding diaryl/α,β-unsaturated/α-hetero) is 1. The lowest BCUT2D eigenvalue weighted by molar-refractivity contribution is -0.134. The maximum absolute atomic E-state index is 13.0. The van der Waals surface area contributed by atoms with Crippen LogP contribution in [0.1, 0.15) is 148 Å². The van der Waals surface area contributed by atoms with Crippen LogP contribution in [0.25, 0.3) is 0 Å². The van der Waals surface area contributed by atoms with Gasteiger partial charge in [0.05, 0.1) is 16.6 Å². The minimum absolute atomic E-state index is 0.137. The molecule has 0 spiro atoms. The molecular weight excluding hydrogens is 470 g/mol. The summed E-state index contributed by atoms with van der Waals surface area (Å²) >= 11 is 6.30. The minimum Gasteiger partial charge on any atom is -0.424 e. The molecule has 4 nitrogen and oxygen atoms in total. The Morgan fingerprint density at radius 1 is 0.833 bits per heavy atom. The van der Waals surface area contributed by atoms with Crippen LogP contribution in [-0.4, -0.2) is 23.3 Å². The molecule has 0 saturated heterocycles. The highest BCUT2D eigenvalue weighted by Crippen LogP contribution is 2.30. The van der Waals surface area contributed by atoms with Crippen molar-refractivity contribution in [3.63, 3.8) is 0 Å². The van der Waals surface area contributed by atoms with E-state index in [9.17, 15) is 9.59 Å². The number of esters is 1. The first kappa shape index (κ1) is 32.6. The van der Waals surface area contributed by atoms with Gasteiger partial charge in [-0.15, -0.1) is 0 Å². The summed E-state index contributed by atoms with van der Waals surface area (Å²) in [6.45, 7) is 10.1. The molecule has 1 atom stereocenters. The summed E-state index contributed by atoms with van der Waals surface area (Å²) in [5, 5.41) is 3.55. The molecule has 0 radical (unpaired) electrons. The zero-order valence-electron chi connectivity index (χ0n) is 23.7. The van der Waals surface area contributed by atoms with Gasteiger partial charge in [-0.3, -0.25) is 9.59 Å². The van der Waals surface area contributed by atoms with E-state index < -0.39 is 6.04 Å². The van der Waals surface area contributed by atoms with E-state index in [1.54, 1.807) is 18.2 Å². The summed E-state index contributed by atoms with van der Waals surface area (Å²) in [6, 6.07) is 4.61. The largest absolute Gasteiger partial charge is 0.424 e. The topological polar surface area (TPSA) is 55.4 Å². The number of nitrogens with one attached hydrogen (secondary N) is 1. The predicted molar refractivity (Wildman–Crippen MR) is 153 cm³/mol. The Morgan fingerprint density at radius 2 is 1.31 bits per heavy atom. The number of unbranched alkanes of at least 4 members (excludes halogenated alkanes) is 14. The van der Waals surface area contributed by atoms with Crippen molar-refractivity contribution in [1.29, 1.82) is 0 Å². The molecule has 1 aromatic carbocycles. The van der Waals surface area contributed by atoms with Gasteiger partial charge in [0.25, 0.3) is 0 Å². The molecule has 0 fully saturated rings. The number of hydrogen-bond acceptors (Lipinski definition) is 4. The molecule has 0 bridgehead atoms. The fourth-order valence-corrected chi connectivity index (χ4v) is 4.77. The number of ketones is 1. The SMILES string of the molecule is CCCCCCCCCCCCCCCCCC(=O)Oc1c(Cl)cccc1C(=O)C(C)NC(C)(C)C. The fraction of sp³-hybridized carbons (Fsp3) is 0.742. The second-order valence-corrected chi connectivity index (χ2v) is 11.7. The van der Waals surface area contributed by atoms with E-state index in [0.29, 0.717) is 12.0 Å². The molecular formula is C31H52ClNO3. The van der Waals surface area contributed by atoms with E-state index in [2.05, 4.69) is 12.2 Å². The molecule has 0 aliphatic heterocycles. The highest BCUT2D eigenvalue weighted by molar-refractivity contribution is 6.33. The van der Waals surface area contributed by atoms with Gasteiger partial charge in [0, 0.05) is 12.0 Å². The molecule has 1 N–H and O–H groups in total. The average molecular weight is 522 g/mol. The molecule has 36 heavy (non-hydrogen) atoms. The first-order chi connectivity index (χ1) is 17.2. The van der Waals surface area contributed by atoms with Gasteiger partial charge in [-0.2, -0.15) is 0 Å². The van der Waals surface area contributed by atoms with Crippen LogP contribution in [-0.2, 0) is 4.79 Å². The van der Waals surface area contributed by atoms with Gasteiger partial charge in [0.15, 0.2) is 11.5 Å². The van der Waals surface area contributed by atoms with Crippen molar-refractivity contribution in [2.24, 2.45) is 0 Å². The van der Waals surface area contributed by atoms with Gasteiger partial charge in [-0.1, -0.05) is 114 Å². The van der Waals surface area contributed by atoms with E-state index >= 15 is 0 Å². The van der Waals surface area contributed by atoms with Crippen molar-refractivity contribution in [2.75, 3.05) is 0 Å². The third-order valence-corrected chi connectivity index (χ3v) is 6.77. The Kier molecular flexibility index (Phi) is 17.0. The molecule has 1 aromatic rings. The zero-order valence-corrected chi connectivity index (χ0v) is 24.5. The normalized spacial score (nSPS) is 12.5. The molecule has 0 aromatic heterocycles. The van der Waals surface area contributed by atoms with Gasteiger partial charge >= 0.3 is 5.97 Å². The van der Waals surface area contributed by atoms with Gasteiger partial charge in [-0.05, 0) is 46.2 Å². The second kappa shape index (κ2) is 18.8. The lowest BCUT2D eigenvalue weighted by Gasteiger charge is -2.25. The molecule has 206 valence electrons. The van der Waals surface area contributed by atoms with Crippen molar-refractivity contribution < 1.29 is 14.3 Å². The average Bonchev–Trinajstić information content (AvgIpc) is 2.81. The predicted octanol–water partition coefficient (Wildman–Crippen LogP) is 9.47. The van der Waals surface area contributed by atoms with E-state index in [4.69, 9.17) is 16.3 Å². The first-order valence-electron chi connectivity index (χ1n) is 14.5. The summed E-state index contributed by atoms with van der Waals surface area (Å²) < 4.78 is 5.58. The zero-order chi connectivity index (χ0) is 26.8. The van der Waals surface area contributed by atoms with Crippen molar-refractivity contribution >= 4 is 23.4 Å². The van der Waals surface area contributed by atoms with Crippen LogP contribution in [0.4, 0.5) is 0 Å². The highest BCUT2D eigenvalue weighted by atomic mass is 35.5. The lowest BCUT2D eigenvalue weighted by Crippen LogP contribution is -2.46.